The van der Waals surface area contributed by atoms with Crippen molar-refractivity contribution in [3.8, 4) is 0 Å². The molecule has 0 spiro atoms. The third kappa shape index (κ3) is 8.06. The molecule has 0 aromatic rings. The van der Waals surface area contributed by atoms with Crippen LogP contribution < -0.4 is 0 Å². The molecule has 0 amide bonds. The lowest BCUT2D eigenvalue weighted by Gasteiger charge is -2.41. The van der Waals surface area contributed by atoms with E-state index in [2.05, 4.69) is 20.8 Å². The van der Waals surface area contributed by atoms with Crippen molar-refractivity contribution in [1.29, 1.82) is 0 Å². The number of carboxylic acid groups (broad SMARTS) is 1. The Hall–Kier alpha value is -1.06. The van der Waals surface area contributed by atoms with Crippen molar-refractivity contribution in [2.75, 3.05) is 6.61 Å². The highest BCUT2D eigenvalue weighted by atomic mass is 16.5. The number of carboxylic acids is 1. The summed E-state index contributed by atoms with van der Waals surface area (Å²) >= 11 is 0. The summed E-state index contributed by atoms with van der Waals surface area (Å²) in [6.45, 7) is 9.32. The first kappa shape index (κ1) is 27.2. The van der Waals surface area contributed by atoms with Crippen LogP contribution >= 0.6 is 0 Å². The Kier molecular flexibility index (Phi) is 12.1. The molecule has 2 aliphatic rings. The molecule has 0 heterocycles. The molecule has 2 rings (SSSR count). The van der Waals surface area contributed by atoms with Crippen LogP contribution in [0.15, 0.2) is 0 Å². The molecule has 1 N–H and O–H groups in total. The fraction of sp³-hybridized carbons (Fsp3) is 0.929. The minimum Gasteiger partial charge on any atom is -0.481 e. The zero-order valence-electron chi connectivity index (χ0n) is 21.3. The molecule has 2 fully saturated rings. The molecule has 32 heavy (non-hydrogen) atoms. The van der Waals surface area contributed by atoms with E-state index in [1.807, 2.05) is 6.92 Å². The Bertz CT molecular complexity index is 560. The average Bonchev–Trinajstić information content (AvgIpc) is 2.76. The summed E-state index contributed by atoms with van der Waals surface area (Å²) in [6.07, 6.45) is 16.8. The SMILES string of the molecule is CCCCCCCC1CC(COC(=O)C2CCCC(C)C2C(=O)O)C(C)CC1CCCC. The van der Waals surface area contributed by atoms with E-state index in [1.54, 1.807) is 0 Å². The number of hydrogen-bond donors (Lipinski definition) is 1. The van der Waals surface area contributed by atoms with Crippen molar-refractivity contribution in [2.45, 2.75) is 118 Å². The van der Waals surface area contributed by atoms with E-state index in [0.717, 1.165) is 24.7 Å². The fourth-order valence-electron chi connectivity index (χ4n) is 6.48. The minimum atomic E-state index is -0.841. The van der Waals surface area contributed by atoms with E-state index in [1.165, 1.54) is 70.6 Å². The predicted octanol–water partition coefficient (Wildman–Crippen LogP) is 7.50. The number of carbonyl (C=O) groups is 2. The Morgan fingerprint density at radius 1 is 0.812 bits per heavy atom. The van der Waals surface area contributed by atoms with Crippen molar-refractivity contribution < 1.29 is 19.4 Å². The Morgan fingerprint density at radius 3 is 2.16 bits per heavy atom. The van der Waals surface area contributed by atoms with E-state index in [9.17, 15) is 14.7 Å². The molecule has 0 bridgehead atoms. The minimum absolute atomic E-state index is 0.0452. The lowest BCUT2D eigenvalue weighted by Crippen LogP contribution is -2.40. The topological polar surface area (TPSA) is 63.6 Å². The van der Waals surface area contributed by atoms with E-state index in [4.69, 9.17) is 4.74 Å². The van der Waals surface area contributed by atoms with Gasteiger partial charge in [-0.1, -0.05) is 91.9 Å². The molecular formula is C28H50O4. The zero-order chi connectivity index (χ0) is 23.5. The largest absolute Gasteiger partial charge is 0.481 e. The Labute approximate surface area is 197 Å². The van der Waals surface area contributed by atoms with Gasteiger partial charge in [-0.3, -0.25) is 9.59 Å². The molecule has 0 saturated heterocycles. The summed E-state index contributed by atoms with van der Waals surface area (Å²) in [5, 5.41) is 9.65. The highest BCUT2D eigenvalue weighted by Crippen LogP contribution is 2.43. The van der Waals surface area contributed by atoms with Gasteiger partial charge in [0.15, 0.2) is 0 Å². The molecule has 2 saturated carbocycles. The van der Waals surface area contributed by atoms with Crippen LogP contribution in [0.1, 0.15) is 118 Å². The molecule has 0 aliphatic heterocycles. The highest BCUT2D eigenvalue weighted by Gasteiger charge is 2.42. The van der Waals surface area contributed by atoms with Crippen LogP contribution in [0.5, 0.6) is 0 Å². The van der Waals surface area contributed by atoms with Crippen LogP contribution in [0.2, 0.25) is 0 Å². The molecular weight excluding hydrogens is 400 g/mol. The molecule has 186 valence electrons. The first-order chi connectivity index (χ1) is 15.4. The maximum Gasteiger partial charge on any atom is 0.309 e. The first-order valence-electron chi connectivity index (χ1n) is 13.8. The second-order valence-corrected chi connectivity index (χ2v) is 11.1. The molecule has 4 nitrogen and oxygen atoms in total. The molecule has 2 aliphatic carbocycles. The summed E-state index contributed by atoms with van der Waals surface area (Å²) in [5.74, 6) is 0.443. The molecule has 0 aromatic carbocycles. The lowest BCUT2D eigenvalue weighted by atomic mass is 9.66. The maximum absolute atomic E-state index is 12.9. The second-order valence-electron chi connectivity index (χ2n) is 11.1. The van der Waals surface area contributed by atoms with Gasteiger partial charge < -0.3 is 9.84 Å². The van der Waals surface area contributed by atoms with Gasteiger partial charge in [0.25, 0.3) is 0 Å². The van der Waals surface area contributed by atoms with E-state index in [-0.39, 0.29) is 11.9 Å². The van der Waals surface area contributed by atoms with Crippen molar-refractivity contribution in [3.05, 3.63) is 0 Å². The number of hydrogen-bond acceptors (Lipinski definition) is 3. The summed E-state index contributed by atoms with van der Waals surface area (Å²) in [6, 6.07) is 0. The van der Waals surface area contributed by atoms with Crippen molar-refractivity contribution in [3.63, 3.8) is 0 Å². The second kappa shape index (κ2) is 14.3. The van der Waals surface area contributed by atoms with Gasteiger partial charge in [-0.2, -0.15) is 0 Å². The van der Waals surface area contributed by atoms with Crippen LogP contribution in [0.4, 0.5) is 0 Å². The molecule has 0 aromatic heterocycles. The Balaban J connectivity index is 1.91. The molecule has 7 atom stereocenters. The maximum atomic E-state index is 12.9. The van der Waals surface area contributed by atoms with Gasteiger partial charge in [0, 0.05) is 0 Å². The fourth-order valence-corrected chi connectivity index (χ4v) is 6.48. The lowest BCUT2D eigenvalue weighted by molar-refractivity contribution is -0.163. The predicted molar refractivity (Wildman–Crippen MR) is 130 cm³/mol. The van der Waals surface area contributed by atoms with E-state index >= 15 is 0 Å². The van der Waals surface area contributed by atoms with Crippen molar-refractivity contribution >= 4 is 11.9 Å². The van der Waals surface area contributed by atoms with Gasteiger partial charge in [0.1, 0.15) is 0 Å². The summed E-state index contributed by atoms with van der Waals surface area (Å²) in [4.78, 5) is 24.6. The normalized spacial score (nSPS) is 33.1. The van der Waals surface area contributed by atoms with Crippen molar-refractivity contribution in [2.24, 2.45) is 41.4 Å². The van der Waals surface area contributed by atoms with Crippen LogP contribution in [0.25, 0.3) is 0 Å². The third-order valence-electron chi connectivity index (χ3n) is 8.61. The summed E-state index contributed by atoms with van der Waals surface area (Å²) in [5.41, 5.74) is 0. The number of carbonyl (C=O) groups excluding carboxylic acids is 1. The standard InChI is InChI=1S/C28H50O4/c1-5-7-9-10-11-15-23-18-24(21(4)17-22(23)14-8-6-2)19-32-28(31)25-16-12-13-20(3)26(25)27(29)30/h20-26H,5-19H2,1-4H3,(H,29,30). The quantitative estimate of drug-likeness (QED) is 0.233. The van der Waals surface area contributed by atoms with Crippen LogP contribution in [-0.2, 0) is 14.3 Å². The van der Waals surface area contributed by atoms with Gasteiger partial charge >= 0.3 is 11.9 Å². The van der Waals surface area contributed by atoms with E-state index in [0.29, 0.717) is 24.9 Å². The smallest absolute Gasteiger partial charge is 0.309 e. The van der Waals surface area contributed by atoms with E-state index < -0.39 is 17.8 Å². The monoisotopic (exact) mass is 450 g/mol. The van der Waals surface area contributed by atoms with Crippen LogP contribution in [0, 0.1) is 41.4 Å². The number of aliphatic carboxylic acids is 1. The molecule has 0 radical (unpaired) electrons. The Morgan fingerprint density at radius 2 is 1.47 bits per heavy atom. The number of ether oxygens (including phenoxy) is 1. The number of rotatable bonds is 13. The zero-order valence-corrected chi connectivity index (χ0v) is 21.3. The van der Waals surface area contributed by atoms with Gasteiger partial charge in [0.2, 0.25) is 0 Å². The third-order valence-corrected chi connectivity index (χ3v) is 8.61. The molecule has 4 heteroatoms. The number of esters is 1. The van der Waals surface area contributed by atoms with Crippen LogP contribution in [0.3, 0.4) is 0 Å². The average molecular weight is 451 g/mol. The van der Waals surface area contributed by atoms with Gasteiger partial charge in [0.05, 0.1) is 18.4 Å². The van der Waals surface area contributed by atoms with Crippen LogP contribution in [-0.4, -0.2) is 23.7 Å². The first-order valence-corrected chi connectivity index (χ1v) is 13.8. The van der Waals surface area contributed by atoms with Gasteiger partial charge in [-0.15, -0.1) is 0 Å². The summed E-state index contributed by atoms with van der Waals surface area (Å²) in [7, 11) is 0. The summed E-state index contributed by atoms with van der Waals surface area (Å²) < 4.78 is 5.84. The van der Waals surface area contributed by atoms with Crippen molar-refractivity contribution in [1.82, 2.24) is 0 Å². The van der Waals surface area contributed by atoms with Gasteiger partial charge in [-0.05, 0) is 55.3 Å². The highest BCUT2D eigenvalue weighted by molar-refractivity contribution is 5.81. The number of unbranched alkanes of at least 4 members (excludes halogenated alkanes) is 5. The molecule has 7 unspecified atom stereocenters. The van der Waals surface area contributed by atoms with Gasteiger partial charge in [-0.25, -0.2) is 0 Å².